The third kappa shape index (κ3) is 3.58. The average molecular weight is 406 g/mol. The van der Waals surface area contributed by atoms with Gasteiger partial charge in [-0.25, -0.2) is 15.0 Å². The summed E-state index contributed by atoms with van der Waals surface area (Å²) < 4.78 is 7.71. The Balaban J connectivity index is 1.35. The van der Waals surface area contributed by atoms with Crippen molar-refractivity contribution in [3.8, 4) is 5.88 Å². The number of piperazine rings is 1. The molecule has 1 saturated carbocycles. The van der Waals surface area contributed by atoms with Crippen LogP contribution in [0.4, 0.5) is 11.5 Å². The lowest BCUT2D eigenvalue weighted by Gasteiger charge is -2.36. The Morgan fingerprint density at radius 3 is 2.53 bits per heavy atom. The van der Waals surface area contributed by atoms with Gasteiger partial charge in [0.1, 0.15) is 6.33 Å². The topological polar surface area (TPSA) is 76.4 Å². The zero-order chi connectivity index (χ0) is 20.7. The van der Waals surface area contributed by atoms with E-state index in [1.54, 1.807) is 12.5 Å². The van der Waals surface area contributed by atoms with Crippen LogP contribution in [-0.4, -0.2) is 51.8 Å². The fraction of sp³-hybridized carbons (Fsp3) is 0.455. The van der Waals surface area contributed by atoms with Crippen LogP contribution in [-0.2, 0) is 0 Å². The van der Waals surface area contributed by atoms with Gasteiger partial charge in [0.05, 0.1) is 17.0 Å². The van der Waals surface area contributed by atoms with Gasteiger partial charge in [0.2, 0.25) is 5.88 Å². The highest BCUT2D eigenvalue weighted by molar-refractivity contribution is 5.86. The predicted octanol–water partition coefficient (Wildman–Crippen LogP) is 2.64. The number of benzene rings is 1. The number of hydrogen-bond acceptors (Lipinski definition) is 7. The predicted molar refractivity (Wildman–Crippen MR) is 116 cm³/mol. The lowest BCUT2D eigenvalue weighted by molar-refractivity contribution is 0.235. The van der Waals surface area contributed by atoms with Crippen molar-refractivity contribution in [1.82, 2.24) is 19.5 Å². The molecule has 156 valence electrons. The van der Waals surface area contributed by atoms with E-state index in [4.69, 9.17) is 4.74 Å². The van der Waals surface area contributed by atoms with Crippen molar-refractivity contribution >= 4 is 22.4 Å². The van der Waals surface area contributed by atoms with Crippen LogP contribution in [0, 0.1) is 0 Å². The number of fused-ring (bicyclic) bond motifs is 1. The van der Waals surface area contributed by atoms with E-state index in [1.807, 2.05) is 30.7 Å². The lowest BCUT2D eigenvalue weighted by Crippen LogP contribution is -2.48. The Labute approximate surface area is 175 Å². The maximum atomic E-state index is 12.8. The van der Waals surface area contributed by atoms with Crippen molar-refractivity contribution in [2.45, 2.75) is 38.8 Å². The summed E-state index contributed by atoms with van der Waals surface area (Å²) in [6.45, 7) is 7.14. The van der Waals surface area contributed by atoms with Crippen LogP contribution in [0.2, 0.25) is 0 Å². The van der Waals surface area contributed by atoms with Gasteiger partial charge in [-0.3, -0.25) is 4.79 Å². The number of rotatable bonds is 5. The lowest BCUT2D eigenvalue weighted by atomic mass is 10.2. The van der Waals surface area contributed by atoms with Crippen molar-refractivity contribution < 1.29 is 4.74 Å². The molecule has 0 amide bonds. The summed E-state index contributed by atoms with van der Waals surface area (Å²) in [5.74, 6) is 1.19. The van der Waals surface area contributed by atoms with Crippen LogP contribution in [0.5, 0.6) is 5.88 Å². The Kier molecular flexibility index (Phi) is 4.77. The van der Waals surface area contributed by atoms with Gasteiger partial charge in [-0.15, -0.1) is 0 Å². The molecule has 0 unspecified atom stereocenters. The van der Waals surface area contributed by atoms with E-state index in [1.165, 1.54) is 0 Å². The molecule has 3 heterocycles. The first kappa shape index (κ1) is 18.8. The summed E-state index contributed by atoms with van der Waals surface area (Å²) in [6, 6.07) is 6.57. The van der Waals surface area contributed by atoms with E-state index in [0.717, 1.165) is 55.6 Å². The van der Waals surface area contributed by atoms with E-state index >= 15 is 0 Å². The standard InChI is InChI=1S/C22H26N6O2/c1-15(2)30-21-18-13-17(5-6-19(18)24-14-25-21)26-9-11-27(12-10-26)20-22(29)28(8-7-23-20)16-3-4-16/h5-8,13-16H,3-4,9-12H2,1-2H3. The molecular formula is C22H26N6O2. The van der Waals surface area contributed by atoms with Gasteiger partial charge in [-0.2, -0.15) is 0 Å². The second kappa shape index (κ2) is 7.59. The first-order valence-electron chi connectivity index (χ1n) is 10.6. The van der Waals surface area contributed by atoms with Crippen LogP contribution in [0.3, 0.4) is 0 Å². The van der Waals surface area contributed by atoms with Crippen molar-refractivity contribution in [3.05, 3.63) is 47.3 Å². The third-order valence-electron chi connectivity index (χ3n) is 5.66. The maximum Gasteiger partial charge on any atom is 0.293 e. The average Bonchev–Trinajstić information content (AvgIpc) is 3.59. The summed E-state index contributed by atoms with van der Waals surface area (Å²) >= 11 is 0. The summed E-state index contributed by atoms with van der Waals surface area (Å²) in [7, 11) is 0. The summed E-state index contributed by atoms with van der Waals surface area (Å²) in [5, 5.41) is 0.920. The second-order valence-corrected chi connectivity index (χ2v) is 8.22. The van der Waals surface area contributed by atoms with E-state index in [9.17, 15) is 4.79 Å². The molecule has 8 heteroatoms. The monoisotopic (exact) mass is 406 g/mol. The van der Waals surface area contributed by atoms with Gasteiger partial charge in [-0.05, 0) is 44.9 Å². The molecule has 0 radical (unpaired) electrons. The van der Waals surface area contributed by atoms with Gasteiger partial charge < -0.3 is 19.1 Å². The van der Waals surface area contributed by atoms with E-state index in [0.29, 0.717) is 17.7 Å². The fourth-order valence-corrected chi connectivity index (χ4v) is 3.98. The van der Waals surface area contributed by atoms with Crippen molar-refractivity contribution in [3.63, 3.8) is 0 Å². The van der Waals surface area contributed by atoms with Crippen molar-refractivity contribution in [1.29, 1.82) is 0 Å². The summed E-state index contributed by atoms with van der Waals surface area (Å²) in [4.78, 5) is 30.3. The minimum absolute atomic E-state index is 0.0341. The Morgan fingerprint density at radius 1 is 1.03 bits per heavy atom. The zero-order valence-electron chi connectivity index (χ0n) is 17.4. The second-order valence-electron chi connectivity index (χ2n) is 8.22. The molecule has 2 fully saturated rings. The molecular weight excluding hydrogens is 380 g/mol. The first-order valence-corrected chi connectivity index (χ1v) is 10.6. The molecule has 30 heavy (non-hydrogen) atoms. The Hall–Kier alpha value is -3.16. The van der Waals surface area contributed by atoms with Crippen molar-refractivity contribution in [2.24, 2.45) is 0 Å². The van der Waals surface area contributed by atoms with Crippen LogP contribution < -0.4 is 20.1 Å². The van der Waals surface area contributed by atoms with Crippen LogP contribution in [0.1, 0.15) is 32.7 Å². The number of nitrogens with zero attached hydrogens (tertiary/aromatic N) is 6. The molecule has 0 atom stereocenters. The van der Waals surface area contributed by atoms with Gasteiger partial charge in [0.25, 0.3) is 5.56 Å². The molecule has 5 rings (SSSR count). The molecule has 1 aliphatic heterocycles. The third-order valence-corrected chi connectivity index (χ3v) is 5.66. The van der Waals surface area contributed by atoms with Crippen LogP contribution >= 0.6 is 0 Å². The largest absolute Gasteiger partial charge is 0.474 e. The smallest absolute Gasteiger partial charge is 0.293 e. The van der Waals surface area contributed by atoms with E-state index in [2.05, 4.69) is 36.9 Å². The molecule has 2 aromatic heterocycles. The van der Waals surface area contributed by atoms with Gasteiger partial charge in [0, 0.05) is 50.3 Å². The molecule has 1 aromatic carbocycles. The molecule has 1 aliphatic carbocycles. The van der Waals surface area contributed by atoms with Crippen LogP contribution in [0.15, 0.2) is 41.7 Å². The molecule has 3 aromatic rings. The number of ether oxygens (including phenoxy) is 1. The van der Waals surface area contributed by atoms with Crippen molar-refractivity contribution in [2.75, 3.05) is 36.0 Å². The molecule has 0 bridgehead atoms. The summed E-state index contributed by atoms with van der Waals surface area (Å²) in [6.07, 6.45) is 7.33. The van der Waals surface area contributed by atoms with Gasteiger partial charge >= 0.3 is 0 Å². The molecule has 8 nitrogen and oxygen atoms in total. The molecule has 0 N–H and O–H groups in total. The number of hydrogen-bond donors (Lipinski definition) is 0. The van der Waals surface area contributed by atoms with E-state index < -0.39 is 0 Å². The highest BCUT2D eigenvalue weighted by atomic mass is 16.5. The first-order chi connectivity index (χ1) is 14.6. The highest BCUT2D eigenvalue weighted by Crippen LogP contribution is 2.33. The zero-order valence-corrected chi connectivity index (χ0v) is 17.4. The quantitative estimate of drug-likeness (QED) is 0.645. The molecule has 0 spiro atoms. The molecule has 2 aliphatic rings. The molecule has 1 saturated heterocycles. The maximum absolute atomic E-state index is 12.8. The van der Waals surface area contributed by atoms with Gasteiger partial charge in [0.15, 0.2) is 5.82 Å². The Morgan fingerprint density at radius 2 is 1.80 bits per heavy atom. The SMILES string of the molecule is CC(C)Oc1ncnc2ccc(N3CCN(c4nccn(C5CC5)c4=O)CC3)cc12. The van der Waals surface area contributed by atoms with E-state index in [-0.39, 0.29) is 11.7 Å². The number of aromatic nitrogens is 4. The number of anilines is 2. The van der Waals surface area contributed by atoms with Crippen LogP contribution in [0.25, 0.3) is 10.9 Å². The Bertz CT molecular complexity index is 1120. The normalized spacial score (nSPS) is 17.0. The highest BCUT2D eigenvalue weighted by Gasteiger charge is 2.27. The minimum atomic E-state index is 0.0341. The minimum Gasteiger partial charge on any atom is -0.474 e. The van der Waals surface area contributed by atoms with Gasteiger partial charge in [-0.1, -0.05) is 0 Å². The fourth-order valence-electron chi connectivity index (χ4n) is 3.98. The summed E-state index contributed by atoms with van der Waals surface area (Å²) in [5.41, 5.74) is 2.02.